The van der Waals surface area contributed by atoms with Gasteiger partial charge in [0, 0.05) is 49.4 Å². The highest BCUT2D eigenvalue weighted by molar-refractivity contribution is 6.19. The van der Waals surface area contributed by atoms with Gasteiger partial charge in [0.15, 0.2) is 0 Å². The van der Waals surface area contributed by atoms with Gasteiger partial charge in [-0.1, -0.05) is 133 Å². The van der Waals surface area contributed by atoms with E-state index in [9.17, 15) is 0 Å². The molecule has 0 aliphatic rings. The van der Waals surface area contributed by atoms with Gasteiger partial charge < -0.3 is 13.7 Å². The monoisotopic (exact) mass is 749 g/mol. The normalized spacial score (nSPS) is 12.1. The van der Waals surface area contributed by atoms with Gasteiger partial charge in [-0.3, -0.25) is 0 Å². The number of para-hydroxylation sites is 4. The van der Waals surface area contributed by atoms with Crippen LogP contribution < -0.4 is 0 Å². The zero-order valence-corrected chi connectivity index (χ0v) is 32.0. The molecule has 0 bridgehead atoms. The molecule has 0 spiro atoms. The average molecular weight is 750 g/mol. The number of benzene rings is 10. The minimum atomic E-state index is 1.14. The molecule has 0 saturated carbocycles. The Hall–Kier alpha value is -7.88. The summed E-state index contributed by atoms with van der Waals surface area (Å²) >= 11 is 0. The lowest BCUT2D eigenvalue weighted by molar-refractivity contribution is 1.16. The zero-order valence-electron chi connectivity index (χ0n) is 32.0. The van der Waals surface area contributed by atoms with Crippen LogP contribution in [0.2, 0.25) is 0 Å². The summed E-state index contributed by atoms with van der Waals surface area (Å²) in [5.41, 5.74) is 13.1. The summed E-state index contributed by atoms with van der Waals surface area (Å²) in [6.45, 7) is 0. The van der Waals surface area contributed by atoms with Crippen molar-refractivity contribution in [2.75, 3.05) is 0 Å². The number of fused-ring (bicyclic) bond motifs is 12. The molecule has 0 amide bonds. The molecule has 0 atom stereocenters. The van der Waals surface area contributed by atoms with Crippen LogP contribution >= 0.6 is 0 Å². The molecule has 13 rings (SSSR count). The second kappa shape index (κ2) is 12.3. The van der Waals surface area contributed by atoms with Crippen LogP contribution in [0.1, 0.15) is 0 Å². The van der Waals surface area contributed by atoms with Crippen molar-refractivity contribution < 1.29 is 0 Å². The Balaban J connectivity index is 0.992. The van der Waals surface area contributed by atoms with Crippen molar-refractivity contribution in [2.24, 2.45) is 0 Å². The van der Waals surface area contributed by atoms with Crippen LogP contribution in [-0.4, -0.2) is 13.7 Å². The fourth-order valence-electron chi connectivity index (χ4n) is 9.96. The van der Waals surface area contributed by atoms with E-state index in [1.807, 2.05) is 0 Å². The topological polar surface area (TPSA) is 14.8 Å². The van der Waals surface area contributed by atoms with Crippen molar-refractivity contribution in [1.29, 1.82) is 0 Å². The Kier molecular flexibility index (Phi) is 6.72. The maximum absolute atomic E-state index is 2.45. The van der Waals surface area contributed by atoms with Crippen molar-refractivity contribution in [3.05, 3.63) is 212 Å². The molecule has 3 nitrogen and oxygen atoms in total. The Morgan fingerprint density at radius 1 is 0.203 bits per heavy atom. The zero-order chi connectivity index (χ0) is 38.6. The van der Waals surface area contributed by atoms with Crippen LogP contribution in [-0.2, 0) is 0 Å². The molecule has 13 aromatic rings. The van der Waals surface area contributed by atoms with Gasteiger partial charge in [-0.05, 0) is 112 Å². The third-order valence-electron chi connectivity index (χ3n) is 12.6. The molecule has 3 heterocycles. The Bertz CT molecular complexity index is 3840. The number of aromatic nitrogens is 3. The van der Waals surface area contributed by atoms with Crippen molar-refractivity contribution >= 4 is 87.0 Å². The predicted molar refractivity (Wildman–Crippen MR) is 250 cm³/mol. The lowest BCUT2D eigenvalue weighted by Crippen LogP contribution is -1.96. The first-order chi connectivity index (χ1) is 29.3. The third kappa shape index (κ3) is 4.70. The molecule has 0 fully saturated rings. The maximum atomic E-state index is 2.45. The Morgan fingerprint density at radius 2 is 0.695 bits per heavy atom. The summed E-state index contributed by atoms with van der Waals surface area (Å²) in [6.07, 6.45) is 0. The van der Waals surface area contributed by atoms with E-state index >= 15 is 0 Å². The molecule has 3 aromatic heterocycles. The highest BCUT2D eigenvalue weighted by atomic mass is 15.0. The molecule has 10 aromatic carbocycles. The number of nitrogens with zero attached hydrogens (tertiary/aromatic N) is 3. The molecule has 0 aliphatic heterocycles. The van der Waals surface area contributed by atoms with Crippen LogP contribution in [0.25, 0.3) is 115 Å². The van der Waals surface area contributed by atoms with E-state index < -0.39 is 0 Å². The number of rotatable bonds is 4. The van der Waals surface area contributed by atoms with Gasteiger partial charge in [0.1, 0.15) is 0 Å². The molecule has 0 radical (unpaired) electrons. The van der Waals surface area contributed by atoms with Crippen LogP contribution in [0.15, 0.2) is 212 Å². The van der Waals surface area contributed by atoms with Crippen molar-refractivity contribution in [1.82, 2.24) is 13.7 Å². The molecule has 3 heteroatoms. The minimum Gasteiger partial charge on any atom is -0.309 e. The largest absolute Gasteiger partial charge is 0.309 e. The molecule has 274 valence electrons. The SMILES string of the molecule is c1ccc(-n2c3ccccc3c3cc4c5ccccc5n(-c5cccc(-c6ccc7c(c6)c6ccccc6n7-c6ccc7c(ccc8ccccc87)c6)c5)c4cc32)cc1. The van der Waals surface area contributed by atoms with Gasteiger partial charge in [0.2, 0.25) is 0 Å². The predicted octanol–water partition coefficient (Wildman–Crippen LogP) is 15.0. The van der Waals surface area contributed by atoms with Crippen LogP contribution in [0, 0.1) is 0 Å². The Morgan fingerprint density at radius 3 is 1.41 bits per heavy atom. The molecule has 0 aliphatic carbocycles. The first-order valence-electron chi connectivity index (χ1n) is 20.3. The molecule has 0 N–H and O–H groups in total. The Labute approximate surface area is 339 Å². The van der Waals surface area contributed by atoms with Crippen LogP contribution in [0.3, 0.4) is 0 Å². The molecular weight excluding hydrogens is 715 g/mol. The molecule has 0 unspecified atom stereocenters. The second-order valence-electron chi connectivity index (χ2n) is 15.8. The van der Waals surface area contributed by atoms with E-state index in [1.165, 1.54) is 104 Å². The summed E-state index contributed by atoms with van der Waals surface area (Å²) in [5.74, 6) is 0. The quantitative estimate of drug-likeness (QED) is 0.159. The molecule has 0 saturated heterocycles. The van der Waals surface area contributed by atoms with E-state index in [4.69, 9.17) is 0 Å². The molecule has 59 heavy (non-hydrogen) atoms. The summed E-state index contributed by atoms with van der Waals surface area (Å²) in [6, 6.07) is 78.1. The first kappa shape index (κ1) is 32.2. The highest BCUT2D eigenvalue weighted by Gasteiger charge is 2.19. The van der Waals surface area contributed by atoms with E-state index in [0.717, 1.165) is 11.4 Å². The van der Waals surface area contributed by atoms with Crippen molar-refractivity contribution in [2.45, 2.75) is 0 Å². The van der Waals surface area contributed by atoms with Crippen molar-refractivity contribution in [3.8, 4) is 28.2 Å². The first-order valence-corrected chi connectivity index (χ1v) is 20.3. The molecular formula is C56H35N3. The lowest BCUT2D eigenvalue weighted by atomic mass is 10.0. The van der Waals surface area contributed by atoms with Gasteiger partial charge in [-0.15, -0.1) is 0 Å². The summed E-state index contributed by atoms with van der Waals surface area (Å²) < 4.78 is 7.29. The van der Waals surface area contributed by atoms with Gasteiger partial charge in [0.05, 0.1) is 33.1 Å². The number of hydrogen-bond donors (Lipinski definition) is 0. The summed E-state index contributed by atoms with van der Waals surface area (Å²) in [5, 5.41) is 12.6. The third-order valence-corrected chi connectivity index (χ3v) is 12.6. The fraction of sp³-hybridized carbons (Fsp3) is 0. The second-order valence-corrected chi connectivity index (χ2v) is 15.8. The van der Waals surface area contributed by atoms with E-state index in [-0.39, 0.29) is 0 Å². The fourth-order valence-corrected chi connectivity index (χ4v) is 9.96. The summed E-state index contributed by atoms with van der Waals surface area (Å²) in [4.78, 5) is 0. The maximum Gasteiger partial charge on any atom is 0.0562 e. The van der Waals surface area contributed by atoms with Gasteiger partial charge >= 0.3 is 0 Å². The minimum absolute atomic E-state index is 1.14. The van der Waals surface area contributed by atoms with Gasteiger partial charge in [-0.25, -0.2) is 0 Å². The van der Waals surface area contributed by atoms with E-state index in [2.05, 4.69) is 226 Å². The van der Waals surface area contributed by atoms with Crippen LogP contribution in [0.4, 0.5) is 0 Å². The highest BCUT2D eigenvalue weighted by Crippen LogP contribution is 2.41. The average Bonchev–Trinajstić information content (AvgIpc) is 3.93. The van der Waals surface area contributed by atoms with Crippen LogP contribution in [0.5, 0.6) is 0 Å². The van der Waals surface area contributed by atoms with E-state index in [1.54, 1.807) is 0 Å². The summed E-state index contributed by atoms with van der Waals surface area (Å²) in [7, 11) is 0. The van der Waals surface area contributed by atoms with E-state index in [0.29, 0.717) is 0 Å². The van der Waals surface area contributed by atoms with Gasteiger partial charge in [-0.2, -0.15) is 0 Å². The smallest absolute Gasteiger partial charge is 0.0562 e. The number of hydrogen-bond acceptors (Lipinski definition) is 0. The van der Waals surface area contributed by atoms with Gasteiger partial charge in [0.25, 0.3) is 0 Å². The van der Waals surface area contributed by atoms with Crippen molar-refractivity contribution in [3.63, 3.8) is 0 Å². The standard InChI is InChI=1S/C56H35N3/c1-2-15-40(16-3-1)57-51-22-9-7-20-46(51)49-34-50-47-21-8-11-24-53(47)59(56(50)35-55(49)57)41-17-12-14-37(31-41)38-27-30-54-48(33-38)45-19-6-10-23-52(45)58(54)42-28-29-44-39(32-42)26-25-36-13-4-5-18-43(36)44/h1-35H. The lowest BCUT2D eigenvalue weighted by Gasteiger charge is -2.12.